The summed E-state index contributed by atoms with van der Waals surface area (Å²) in [5.74, 6) is -0.998. The maximum atomic E-state index is 10.8. The zero-order valence-electron chi connectivity index (χ0n) is 9.78. The van der Waals surface area contributed by atoms with Gasteiger partial charge in [-0.15, -0.1) is 11.3 Å². The Hall–Kier alpha value is -1.64. The van der Waals surface area contributed by atoms with Crippen LogP contribution in [0.4, 0.5) is 5.69 Å². The fourth-order valence-corrected chi connectivity index (χ4v) is 3.13. The van der Waals surface area contributed by atoms with Crippen molar-refractivity contribution in [2.24, 2.45) is 0 Å². The minimum Gasteiger partial charge on any atom is -0.481 e. The van der Waals surface area contributed by atoms with E-state index in [1.54, 1.807) is 11.4 Å². The van der Waals surface area contributed by atoms with Crippen molar-refractivity contribution in [1.82, 2.24) is 4.98 Å². The maximum absolute atomic E-state index is 10.8. The van der Waals surface area contributed by atoms with Crippen LogP contribution in [0.1, 0.15) is 0 Å². The van der Waals surface area contributed by atoms with Crippen LogP contribution in [0.3, 0.4) is 0 Å². The van der Waals surface area contributed by atoms with Gasteiger partial charge in [0.15, 0.2) is 4.34 Å². The molecule has 1 heterocycles. The lowest BCUT2D eigenvalue weighted by atomic mass is 10.1. The zero-order valence-corrected chi connectivity index (χ0v) is 12.2. The maximum Gasteiger partial charge on any atom is 0.313 e. The summed E-state index contributed by atoms with van der Waals surface area (Å²) in [6.45, 7) is 0. The molecule has 1 aromatic carbocycles. The van der Waals surface area contributed by atoms with E-state index < -0.39 is 10.9 Å². The smallest absolute Gasteiger partial charge is 0.313 e. The normalized spacial score (nSPS) is 10.4. The number of rotatable bonds is 5. The molecule has 20 heavy (non-hydrogen) atoms. The standard InChI is InChI=1S/C11H7ClN2O4S2/c12-7-2-1-6(3-9(7)14(17)18)8-4-19-11(13-8)20-5-10(15)16/h1-4H,5H2,(H,15,16). The molecule has 0 spiro atoms. The molecule has 2 aromatic rings. The average molecular weight is 331 g/mol. The monoisotopic (exact) mass is 330 g/mol. The Morgan fingerprint density at radius 2 is 2.30 bits per heavy atom. The quantitative estimate of drug-likeness (QED) is 0.512. The molecule has 0 fully saturated rings. The number of carboxylic acids is 1. The van der Waals surface area contributed by atoms with Gasteiger partial charge in [0.2, 0.25) is 0 Å². The number of thioether (sulfide) groups is 1. The highest BCUT2D eigenvalue weighted by molar-refractivity contribution is 8.01. The Bertz CT molecular complexity index is 674. The number of benzene rings is 1. The SMILES string of the molecule is O=C(O)CSc1nc(-c2ccc(Cl)c([N+](=O)[O-])c2)cs1. The summed E-state index contributed by atoms with van der Waals surface area (Å²) in [4.78, 5) is 25.0. The van der Waals surface area contributed by atoms with Crippen molar-refractivity contribution in [2.45, 2.75) is 4.34 Å². The molecule has 0 aliphatic carbocycles. The van der Waals surface area contributed by atoms with Gasteiger partial charge in [0, 0.05) is 17.0 Å². The molecule has 0 saturated carbocycles. The lowest BCUT2D eigenvalue weighted by Crippen LogP contribution is -1.97. The van der Waals surface area contributed by atoms with Crippen molar-refractivity contribution in [3.8, 4) is 11.3 Å². The largest absolute Gasteiger partial charge is 0.481 e. The number of nitrogens with zero attached hydrogens (tertiary/aromatic N) is 2. The minimum absolute atomic E-state index is 0.0643. The van der Waals surface area contributed by atoms with Gasteiger partial charge in [-0.2, -0.15) is 0 Å². The van der Waals surface area contributed by atoms with Gasteiger partial charge in [-0.1, -0.05) is 29.4 Å². The molecule has 0 unspecified atom stereocenters. The predicted octanol–water partition coefficient (Wildman–Crippen LogP) is 3.55. The first-order valence-electron chi connectivity index (χ1n) is 5.22. The van der Waals surface area contributed by atoms with Gasteiger partial charge in [0.25, 0.3) is 5.69 Å². The Morgan fingerprint density at radius 1 is 1.55 bits per heavy atom. The lowest BCUT2D eigenvalue weighted by molar-refractivity contribution is -0.384. The van der Waals surface area contributed by atoms with E-state index in [1.165, 1.54) is 23.5 Å². The molecule has 0 radical (unpaired) electrons. The van der Waals surface area contributed by atoms with Crippen LogP contribution in [0.5, 0.6) is 0 Å². The summed E-state index contributed by atoms with van der Waals surface area (Å²) >= 11 is 8.14. The van der Waals surface area contributed by atoms with Crippen molar-refractivity contribution in [1.29, 1.82) is 0 Å². The fourth-order valence-electron chi connectivity index (χ4n) is 1.39. The van der Waals surface area contributed by atoms with Crippen LogP contribution in [0.25, 0.3) is 11.3 Å². The number of hydrogen-bond acceptors (Lipinski definition) is 6. The molecule has 0 atom stereocenters. The van der Waals surface area contributed by atoms with Crippen LogP contribution in [-0.2, 0) is 4.79 Å². The second kappa shape index (κ2) is 6.21. The van der Waals surface area contributed by atoms with Crippen LogP contribution in [0.2, 0.25) is 5.02 Å². The first-order chi connectivity index (χ1) is 9.47. The first kappa shape index (κ1) is 14.8. The van der Waals surface area contributed by atoms with E-state index >= 15 is 0 Å². The molecule has 1 N–H and O–H groups in total. The van der Waals surface area contributed by atoms with Crippen LogP contribution in [0, 0.1) is 10.1 Å². The molecule has 0 amide bonds. The van der Waals surface area contributed by atoms with E-state index in [2.05, 4.69) is 4.98 Å². The predicted molar refractivity (Wildman–Crippen MR) is 77.6 cm³/mol. The lowest BCUT2D eigenvalue weighted by Gasteiger charge is -1.99. The molecule has 6 nitrogen and oxygen atoms in total. The highest BCUT2D eigenvalue weighted by atomic mass is 35.5. The van der Waals surface area contributed by atoms with Gasteiger partial charge in [0.05, 0.1) is 16.4 Å². The van der Waals surface area contributed by atoms with E-state index in [4.69, 9.17) is 16.7 Å². The van der Waals surface area contributed by atoms with E-state index in [-0.39, 0.29) is 16.5 Å². The molecule has 0 saturated heterocycles. The third-order valence-corrected chi connectivity index (χ3v) is 4.57. The highest BCUT2D eigenvalue weighted by Gasteiger charge is 2.15. The van der Waals surface area contributed by atoms with Gasteiger partial charge < -0.3 is 5.11 Å². The first-order valence-corrected chi connectivity index (χ1v) is 7.46. The molecule has 1 aromatic heterocycles. The number of aliphatic carboxylic acids is 1. The van der Waals surface area contributed by atoms with Crippen molar-refractivity contribution >= 4 is 46.4 Å². The van der Waals surface area contributed by atoms with Crippen LogP contribution >= 0.6 is 34.7 Å². The molecule has 2 rings (SSSR count). The Balaban J connectivity index is 2.26. The summed E-state index contributed by atoms with van der Waals surface area (Å²) in [6, 6.07) is 4.43. The molecule has 9 heteroatoms. The Kier molecular flexibility index (Phi) is 4.58. The van der Waals surface area contributed by atoms with Crippen molar-refractivity contribution < 1.29 is 14.8 Å². The summed E-state index contributed by atoms with van der Waals surface area (Å²) in [5.41, 5.74) is 0.944. The number of hydrogen-bond donors (Lipinski definition) is 1. The summed E-state index contributed by atoms with van der Waals surface area (Å²) in [5, 5.41) is 21.2. The van der Waals surface area contributed by atoms with Crippen molar-refractivity contribution in [3.05, 3.63) is 38.7 Å². The van der Waals surface area contributed by atoms with Crippen LogP contribution < -0.4 is 0 Å². The minimum atomic E-state index is -0.922. The van der Waals surface area contributed by atoms with E-state index in [9.17, 15) is 14.9 Å². The average Bonchev–Trinajstić information content (AvgIpc) is 2.85. The number of carboxylic acid groups (broad SMARTS) is 1. The number of nitro groups is 1. The topological polar surface area (TPSA) is 93.3 Å². The van der Waals surface area contributed by atoms with Crippen molar-refractivity contribution in [3.63, 3.8) is 0 Å². The molecule has 0 bridgehead atoms. The van der Waals surface area contributed by atoms with Gasteiger partial charge in [-0.05, 0) is 6.07 Å². The van der Waals surface area contributed by atoms with Gasteiger partial charge in [0.1, 0.15) is 5.02 Å². The number of thiazole rings is 1. The third kappa shape index (κ3) is 3.47. The van der Waals surface area contributed by atoms with Crippen LogP contribution in [-0.4, -0.2) is 26.7 Å². The van der Waals surface area contributed by atoms with Gasteiger partial charge in [-0.3, -0.25) is 14.9 Å². The number of nitro benzene ring substituents is 1. The molecule has 104 valence electrons. The Labute approximate surface area is 126 Å². The van der Waals surface area contributed by atoms with Gasteiger partial charge >= 0.3 is 5.97 Å². The summed E-state index contributed by atoms with van der Waals surface area (Å²) in [7, 11) is 0. The number of aromatic nitrogens is 1. The van der Waals surface area contributed by atoms with E-state index in [0.717, 1.165) is 11.8 Å². The third-order valence-electron chi connectivity index (χ3n) is 2.24. The Morgan fingerprint density at radius 3 is 2.95 bits per heavy atom. The zero-order chi connectivity index (χ0) is 14.7. The van der Waals surface area contributed by atoms with Crippen molar-refractivity contribution in [2.75, 3.05) is 5.75 Å². The van der Waals surface area contributed by atoms with E-state index in [1.807, 2.05) is 0 Å². The second-order valence-electron chi connectivity index (χ2n) is 3.60. The molecular weight excluding hydrogens is 324 g/mol. The fraction of sp³-hybridized carbons (Fsp3) is 0.0909. The highest BCUT2D eigenvalue weighted by Crippen LogP contribution is 2.32. The van der Waals surface area contributed by atoms with Gasteiger partial charge in [-0.25, -0.2) is 4.98 Å². The molecular formula is C11H7ClN2O4S2. The summed E-state index contributed by atoms with van der Waals surface area (Å²) in [6.07, 6.45) is 0. The number of carbonyl (C=O) groups is 1. The van der Waals surface area contributed by atoms with E-state index in [0.29, 0.717) is 15.6 Å². The second-order valence-corrected chi connectivity index (χ2v) is 6.09. The number of halogens is 1. The molecule has 0 aliphatic rings. The van der Waals surface area contributed by atoms with Crippen LogP contribution in [0.15, 0.2) is 27.9 Å². The summed E-state index contributed by atoms with van der Waals surface area (Å²) < 4.78 is 0.597. The molecule has 0 aliphatic heterocycles.